The second-order valence-corrected chi connectivity index (χ2v) is 5.64. The minimum Gasteiger partial charge on any atom is -0.493 e. The molecular formula is C16H24N2O. The third-order valence-electron chi connectivity index (χ3n) is 4.15. The second-order valence-electron chi connectivity index (χ2n) is 5.64. The molecule has 0 aliphatic carbocycles. The first kappa shape index (κ1) is 12.9. The average Bonchev–Trinajstić information content (AvgIpc) is 2.92. The molecule has 1 unspecified atom stereocenters. The van der Waals surface area contributed by atoms with Gasteiger partial charge in [-0.05, 0) is 49.5 Å². The molecule has 0 radical (unpaired) electrons. The van der Waals surface area contributed by atoms with Gasteiger partial charge in [-0.25, -0.2) is 0 Å². The number of nitrogens with one attached hydrogen (secondary N) is 2. The quantitative estimate of drug-likeness (QED) is 0.793. The van der Waals surface area contributed by atoms with Crippen LogP contribution < -0.4 is 15.4 Å². The Bertz CT molecular complexity index is 413. The van der Waals surface area contributed by atoms with Crippen molar-refractivity contribution < 1.29 is 4.74 Å². The lowest BCUT2D eigenvalue weighted by atomic mass is 10.0. The summed E-state index contributed by atoms with van der Waals surface area (Å²) in [4.78, 5) is 0. The van der Waals surface area contributed by atoms with Crippen molar-refractivity contribution in [2.45, 2.75) is 38.1 Å². The number of benzene rings is 1. The van der Waals surface area contributed by atoms with Crippen LogP contribution in [0, 0.1) is 0 Å². The lowest BCUT2D eigenvalue weighted by Crippen LogP contribution is -2.42. The predicted molar refractivity (Wildman–Crippen MR) is 77.9 cm³/mol. The monoisotopic (exact) mass is 260 g/mol. The number of ether oxygens (including phenoxy) is 1. The molecule has 0 aromatic heterocycles. The number of fused-ring (bicyclic) bond motifs is 1. The van der Waals surface area contributed by atoms with Crippen LogP contribution >= 0.6 is 0 Å². The standard InChI is InChI=1S/C16H24N2O/c1-2-8-18-15(3-1)12-17-9-6-13-4-5-16-14(11-13)7-10-19-16/h4-5,11,15,17-18H,1-3,6-10,12H2. The maximum Gasteiger partial charge on any atom is 0.122 e. The molecule has 1 fully saturated rings. The molecule has 1 saturated heterocycles. The number of piperidine rings is 1. The highest BCUT2D eigenvalue weighted by Crippen LogP contribution is 2.25. The van der Waals surface area contributed by atoms with Gasteiger partial charge in [-0.1, -0.05) is 18.6 Å². The van der Waals surface area contributed by atoms with Gasteiger partial charge in [0.05, 0.1) is 6.61 Å². The summed E-state index contributed by atoms with van der Waals surface area (Å²) in [6.45, 7) is 4.22. The highest BCUT2D eigenvalue weighted by Gasteiger charge is 2.13. The van der Waals surface area contributed by atoms with Crippen molar-refractivity contribution in [2.75, 3.05) is 26.2 Å². The van der Waals surface area contributed by atoms with Crippen molar-refractivity contribution >= 4 is 0 Å². The summed E-state index contributed by atoms with van der Waals surface area (Å²) in [5.41, 5.74) is 2.81. The Hall–Kier alpha value is -1.06. The molecule has 1 aromatic rings. The topological polar surface area (TPSA) is 33.3 Å². The molecule has 104 valence electrons. The molecule has 3 rings (SSSR count). The van der Waals surface area contributed by atoms with Gasteiger partial charge in [-0.3, -0.25) is 0 Å². The largest absolute Gasteiger partial charge is 0.493 e. The molecule has 2 heterocycles. The van der Waals surface area contributed by atoms with Gasteiger partial charge < -0.3 is 15.4 Å². The van der Waals surface area contributed by atoms with Crippen molar-refractivity contribution in [3.05, 3.63) is 29.3 Å². The lowest BCUT2D eigenvalue weighted by Gasteiger charge is -2.23. The SMILES string of the molecule is c1cc2c(cc1CCNCC1CCCCN1)CCO2. The van der Waals surface area contributed by atoms with Crippen molar-refractivity contribution in [3.63, 3.8) is 0 Å². The molecular weight excluding hydrogens is 236 g/mol. The third-order valence-corrected chi connectivity index (χ3v) is 4.15. The Morgan fingerprint density at radius 1 is 1.32 bits per heavy atom. The van der Waals surface area contributed by atoms with E-state index in [0.717, 1.165) is 38.3 Å². The molecule has 2 aliphatic rings. The molecule has 0 saturated carbocycles. The molecule has 3 nitrogen and oxygen atoms in total. The van der Waals surface area contributed by atoms with Crippen LogP contribution in [0.15, 0.2) is 18.2 Å². The van der Waals surface area contributed by atoms with E-state index in [0.29, 0.717) is 6.04 Å². The Morgan fingerprint density at radius 2 is 2.32 bits per heavy atom. The van der Waals surface area contributed by atoms with E-state index in [1.165, 1.54) is 36.9 Å². The van der Waals surface area contributed by atoms with E-state index in [1.54, 1.807) is 0 Å². The van der Waals surface area contributed by atoms with Crippen molar-refractivity contribution in [3.8, 4) is 5.75 Å². The van der Waals surface area contributed by atoms with Crippen LogP contribution in [0.5, 0.6) is 5.75 Å². The van der Waals surface area contributed by atoms with E-state index < -0.39 is 0 Å². The third kappa shape index (κ3) is 3.48. The van der Waals surface area contributed by atoms with Crippen LogP contribution in [0.3, 0.4) is 0 Å². The van der Waals surface area contributed by atoms with Crippen LogP contribution in [0.25, 0.3) is 0 Å². The predicted octanol–water partition coefficient (Wildman–Crippen LogP) is 1.90. The minimum atomic E-state index is 0.683. The molecule has 0 bridgehead atoms. The van der Waals surface area contributed by atoms with Crippen LogP contribution in [0.2, 0.25) is 0 Å². The van der Waals surface area contributed by atoms with E-state index in [4.69, 9.17) is 4.74 Å². The molecule has 3 heteroatoms. The highest BCUT2D eigenvalue weighted by atomic mass is 16.5. The molecule has 0 amide bonds. The molecule has 2 aliphatic heterocycles. The van der Waals surface area contributed by atoms with Gasteiger partial charge in [0.25, 0.3) is 0 Å². The van der Waals surface area contributed by atoms with Gasteiger partial charge in [0.15, 0.2) is 0 Å². The fourth-order valence-electron chi connectivity index (χ4n) is 3.00. The van der Waals surface area contributed by atoms with Crippen LogP contribution in [-0.2, 0) is 12.8 Å². The summed E-state index contributed by atoms with van der Waals surface area (Å²) in [6.07, 6.45) is 6.23. The second kappa shape index (κ2) is 6.40. The van der Waals surface area contributed by atoms with Crippen molar-refractivity contribution in [2.24, 2.45) is 0 Å². The van der Waals surface area contributed by atoms with Gasteiger partial charge in [-0.15, -0.1) is 0 Å². The zero-order valence-electron chi connectivity index (χ0n) is 11.6. The smallest absolute Gasteiger partial charge is 0.122 e. The van der Waals surface area contributed by atoms with Gasteiger partial charge in [0.2, 0.25) is 0 Å². The van der Waals surface area contributed by atoms with Crippen molar-refractivity contribution in [1.82, 2.24) is 10.6 Å². The minimum absolute atomic E-state index is 0.683. The first-order chi connectivity index (χ1) is 9.42. The Morgan fingerprint density at radius 3 is 3.21 bits per heavy atom. The zero-order valence-corrected chi connectivity index (χ0v) is 11.6. The maximum absolute atomic E-state index is 5.53. The van der Waals surface area contributed by atoms with Gasteiger partial charge in [0.1, 0.15) is 5.75 Å². The van der Waals surface area contributed by atoms with E-state index in [1.807, 2.05) is 0 Å². The summed E-state index contributed by atoms with van der Waals surface area (Å²) in [6, 6.07) is 7.32. The first-order valence-corrected chi connectivity index (χ1v) is 7.60. The van der Waals surface area contributed by atoms with E-state index in [2.05, 4.69) is 28.8 Å². The number of hydrogen-bond donors (Lipinski definition) is 2. The van der Waals surface area contributed by atoms with Crippen LogP contribution in [-0.4, -0.2) is 32.3 Å². The molecule has 2 N–H and O–H groups in total. The van der Waals surface area contributed by atoms with Gasteiger partial charge in [0, 0.05) is 19.0 Å². The van der Waals surface area contributed by atoms with Crippen LogP contribution in [0.1, 0.15) is 30.4 Å². The average molecular weight is 260 g/mol. The van der Waals surface area contributed by atoms with Crippen LogP contribution in [0.4, 0.5) is 0 Å². The summed E-state index contributed by atoms with van der Waals surface area (Å²) in [5, 5.41) is 7.15. The van der Waals surface area contributed by atoms with E-state index >= 15 is 0 Å². The van der Waals surface area contributed by atoms with E-state index in [-0.39, 0.29) is 0 Å². The number of rotatable bonds is 5. The maximum atomic E-state index is 5.53. The summed E-state index contributed by atoms with van der Waals surface area (Å²) in [7, 11) is 0. The first-order valence-electron chi connectivity index (χ1n) is 7.60. The molecule has 19 heavy (non-hydrogen) atoms. The van der Waals surface area contributed by atoms with Gasteiger partial charge >= 0.3 is 0 Å². The summed E-state index contributed by atoms with van der Waals surface area (Å²) < 4.78 is 5.53. The van der Waals surface area contributed by atoms with Crippen molar-refractivity contribution in [1.29, 1.82) is 0 Å². The Balaban J connectivity index is 1.40. The Labute approximate surface area is 115 Å². The fourth-order valence-corrected chi connectivity index (χ4v) is 3.00. The van der Waals surface area contributed by atoms with E-state index in [9.17, 15) is 0 Å². The fraction of sp³-hybridized carbons (Fsp3) is 0.625. The highest BCUT2D eigenvalue weighted by molar-refractivity contribution is 5.39. The normalized spacial score (nSPS) is 22.0. The Kier molecular flexibility index (Phi) is 4.36. The zero-order chi connectivity index (χ0) is 12.9. The lowest BCUT2D eigenvalue weighted by molar-refractivity contribution is 0.357. The molecule has 0 spiro atoms. The summed E-state index contributed by atoms with van der Waals surface area (Å²) in [5.74, 6) is 1.09. The summed E-state index contributed by atoms with van der Waals surface area (Å²) >= 11 is 0. The molecule has 1 atom stereocenters. The van der Waals surface area contributed by atoms with Gasteiger partial charge in [-0.2, -0.15) is 0 Å². The molecule has 1 aromatic carbocycles. The number of hydrogen-bond acceptors (Lipinski definition) is 3.